The Morgan fingerprint density at radius 1 is 0.917 bits per heavy atom. The summed E-state index contributed by atoms with van der Waals surface area (Å²) in [7, 11) is 0. The van der Waals surface area contributed by atoms with Gasteiger partial charge in [-0.05, 0) is 99.2 Å². The maximum Gasteiger partial charge on any atom is 0.0576 e. The van der Waals surface area contributed by atoms with Crippen LogP contribution in [0.15, 0.2) is 5.16 Å². The Labute approximate surface area is 146 Å². The topological polar surface area (TPSA) is 52.8 Å². The van der Waals surface area contributed by atoms with Crippen molar-refractivity contribution in [3.05, 3.63) is 0 Å². The predicted molar refractivity (Wildman–Crippen MR) is 96.1 cm³/mol. The van der Waals surface area contributed by atoms with Gasteiger partial charge in [-0.15, -0.1) is 0 Å². The largest absolute Gasteiger partial charge is 0.411 e. The summed E-state index contributed by atoms with van der Waals surface area (Å²) in [5.74, 6) is 3.74. The van der Waals surface area contributed by atoms with Crippen molar-refractivity contribution < 1.29 is 10.3 Å². The van der Waals surface area contributed by atoms with Crippen LogP contribution in [0.5, 0.6) is 0 Å². The summed E-state index contributed by atoms with van der Waals surface area (Å²) in [6, 6.07) is 0. The smallest absolute Gasteiger partial charge is 0.0576 e. The van der Waals surface area contributed by atoms with Gasteiger partial charge in [0.25, 0.3) is 0 Å². The molecule has 3 heteroatoms. The summed E-state index contributed by atoms with van der Waals surface area (Å²) in [6.07, 6.45) is 11.1. The average Bonchev–Trinajstić information content (AvgIpc) is 2.92. The fourth-order valence-corrected chi connectivity index (χ4v) is 7.99. The van der Waals surface area contributed by atoms with Gasteiger partial charge in [0.15, 0.2) is 0 Å². The molecule has 0 radical (unpaired) electrons. The molecule has 0 aromatic rings. The standard InChI is InChI=1S/C21H35NO2/c1-13(22-24)17-6-7-18-16-5-4-14-12-15(23)8-10-20(14,2)19(16)9-11-21(17,18)3/h14-19,23-24H,4-12H2,1-3H3/t14-,15+,16-,17-,18+,19-,20-,21+/m0/s1. The van der Waals surface area contributed by atoms with Crippen LogP contribution in [0, 0.1) is 40.4 Å². The Morgan fingerprint density at radius 2 is 1.62 bits per heavy atom. The number of oxime groups is 1. The second-order valence-electron chi connectivity index (χ2n) is 10.0. The minimum absolute atomic E-state index is 0.0484. The van der Waals surface area contributed by atoms with Gasteiger partial charge in [-0.25, -0.2) is 0 Å². The van der Waals surface area contributed by atoms with Crippen LogP contribution in [-0.4, -0.2) is 22.1 Å². The van der Waals surface area contributed by atoms with Crippen molar-refractivity contribution in [1.82, 2.24) is 0 Å². The second kappa shape index (κ2) is 5.72. The van der Waals surface area contributed by atoms with E-state index in [2.05, 4.69) is 19.0 Å². The normalized spacial score (nSPS) is 54.8. The molecule has 0 heterocycles. The minimum atomic E-state index is -0.0484. The Morgan fingerprint density at radius 3 is 2.38 bits per heavy atom. The number of nitrogens with zero attached hydrogens (tertiary/aromatic N) is 1. The number of aliphatic hydroxyl groups excluding tert-OH is 1. The second-order valence-corrected chi connectivity index (χ2v) is 10.0. The third-order valence-electron chi connectivity index (χ3n) is 9.30. The Bertz CT molecular complexity index is 532. The lowest BCUT2D eigenvalue weighted by atomic mass is 9.44. The monoisotopic (exact) mass is 333 g/mol. The van der Waals surface area contributed by atoms with Crippen molar-refractivity contribution in [3.8, 4) is 0 Å². The third-order valence-corrected chi connectivity index (χ3v) is 9.30. The number of aliphatic hydroxyl groups is 1. The zero-order valence-corrected chi connectivity index (χ0v) is 15.7. The first-order valence-corrected chi connectivity index (χ1v) is 10.3. The molecule has 4 aliphatic rings. The van der Waals surface area contributed by atoms with E-state index in [4.69, 9.17) is 0 Å². The van der Waals surface area contributed by atoms with Crippen LogP contribution in [0.25, 0.3) is 0 Å². The summed E-state index contributed by atoms with van der Waals surface area (Å²) < 4.78 is 0. The highest BCUT2D eigenvalue weighted by Crippen LogP contribution is 2.67. The fraction of sp³-hybridized carbons (Fsp3) is 0.952. The van der Waals surface area contributed by atoms with Gasteiger partial charge in [-0.1, -0.05) is 19.0 Å². The highest BCUT2D eigenvalue weighted by Gasteiger charge is 2.60. The molecule has 8 atom stereocenters. The van der Waals surface area contributed by atoms with E-state index < -0.39 is 0 Å². The molecular formula is C21H35NO2. The van der Waals surface area contributed by atoms with Crippen molar-refractivity contribution in [2.75, 3.05) is 0 Å². The first-order valence-electron chi connectivity index (χ1n) is 10.3. The van der Waals surface area contributed by atoms with E-state index in [0.717, 1.165) is 42.2 Å². The van der Waals surface area contributed by atoms with E-state index in [1.54, 1.807) is 0 Å². The average molecular weight is 334 g/mol. The molecule has 4 rings (SSSR count). The molecule has 4 saturated carbocycles. The summed E-state index contributed by atoms with van der Waals surface area (Å²) in [5.41, 5.74) is 1.76. The van der Waals surface area contributed by atoms with Gasteiger partial charge in [-0.2, -0.15) is 0 Å². The predicted octanol–water partition coefficient (Wildman–Crippen LogP) is 4.86. The third kappa shape index (κ3) is 2.22. The SMILES string of the molecule is CC(=NO)[C@@H]1CC[C@@H]2[C@@H]3CC[C@H]4C[C@H](O)CC[C@]4(C)[C@H]3CC[C@@]21C. The zero-order valence-electron chi connectivity index (χ0n) is 15.7. The molecule has 24 heavy (non-hydrogen) atoms. The first kappa shape index (κ1) is 16.9. The van der Waals surface area contributed by atoms with Gasteiger partial charge in [0.05, 0.1) is 11.8 Å². The molecule has 0 aliphatic heterocycles. The number of fused-ring (bicyclic) bond motifs is 5. The molecule has 3 nitrogen and oxygen atoms in total. The van der Waals surface area contributed by atoms with E-state index in [9.17, 15) is 10.3 Å². The fourth-order valence-electron chi connectivity index (χ4n) is 7.99. The molecule has 2 N–H and O–H groups in total. The van der Waals surface area contributed by atoms with Crippen molar-refractivity contribution in [1.29, 1.82) is 0 Å². The molecule has 136 valence electrons. The number of hydrogen-bond donors (Lipinski definition) is 2. The van der Waals surface area contributed by atoms with Crippen LogP contribution in [0.1, 0.15) is 78.6 Å². The summed E-state index contributed by atoms with van der Waals surface area (Å²) in [5, 5.41) is 23.0. The quantitative estimate of drug-likeness (QED) is 0.409. The summed E-state index contributed by atoms with van der Waals surface area (Å²) >= 11 is 0. The number of rotatable bonds is 1. The van der Waals surface area contributed by atoms with E-state index in [1.807, 2.05) is 6.92 Å². The van der Waals surface area contributed by atoms with Gasteiger partial charge in [0, 0.05) is 5.92 Å². The van der Waals surface area contributed by atoms with Gasteiger partial charge >= 0.3 is 0 Å². The van der Waals surface area contributed by atoms with E-state index in [0.29, 0.717) is 16.7 Å². The Balaban J connectivity index is 1.61. The molecule has 0 unspecified atom stereocenters. The molecule has 0 aromatic carbocycles. The Kier molecular flexibility index (Phi) is 4.02. The molecule has 4 aliphatic carbocycles. The maximum absolute atomic E-state index is 10.1. The van der Waals surface area contributed by atoms with Crippen molar-refractivity contribution in [3.63, 3.8) is 0 Å². The lowest BCUT2D eigenvalue weighted by Crippen LogP contribution is -2.54. The molecule has 0 amide bonds. The highest BCUT2D eigenvalue weighted by atomic mass is 16.4. The summed E-state index contributed by atoms with van der Waals surface area (Å²) in [4.78, 5) is 0. The lowest BCUT2D eigenvalue weighted by molar-refractivity contribution is -0.123. The van der Waals surface area contributed by atoms with E-state index in [-0.39, 0.29) is 6.10 Å². The van der Waals surface area contributed by atoms with Gasteiger partial charge in [0.2, 0.25) is 0 Å². The van der Waals surface area contributed by atoms with Crippen molar-refractivity contribution in [2.24, 2.45) is 45.6 Å². The maximum atomic E-state index is 10.1. The van der Waals surface area contributed by atoms with Crippen molar-refractivity contribution >= 4 is 5.71 Å². The zero-order chi connectivity index (χ0) is 17.1. The van der Waals surface area contributed by atoms with Crippen LogP contribution >= 0.6 is 0 Å². The van der Waals surface area contributed by atoms with Gasteiger partial charge < -0.3 is 10.3 Å². The van der Waals surface area contributed by atoms with Gasteiger partial charge in [-0.3, -0.25) is 0 Å². The first-order chi connectivity index (χ1) is 11.4. The van der Waals surface area contributed by atoms with E-state index in [1.165, 1.54) is 44.9 Å². The van der Waals surface area contributed by atoms with Crippen LogP contribution < -0.4 is 0 Å². The lowest BCUT2D eigenvalue weighted by Gasteiger charge is -2.61. The van der Waals surface area contributed by atoms with Crippen LogP contribution in [0.4, 0.5) is 0 Å². The Hall–Kier alpha value is -0.570. The molecule has 4 fully saturated rings. The molecular weight excluding hydrogens is 298 g/mol. The molecule has 0 bridgehead atoms. The molecule has 0 saturated heterocycles. The number of hydrogen-bond acceptors (Lipinski definition) is 3. The van der Waals surface area contributed by atoms with Crippen molar-refractivity contribution in [2.45, 2.75) is 84.7 Å². The summed E-state index contributed by atoms with van der Waals surface area (Å²) in [6.45, 7) is 7.06. The van der Waals surface area contributed by atoms with Crippen LogP contribution in [0.3, 0.4) is 0 Å². The van der Waals surface area contributed by atoms with Gasteiger partial charge in [0.1, 0.15) is 0 Å². The minimum Gasteiger partial charge on any atom is -0.411 e. The molecule has 0 aromatic heterocycles. The van der Waals surface area contributed by atoms with Crippen LogP contribution in [-0.2, 0) is 0 Å². The molecule has 0 spiro atoms. The van der Waals surface area contributed by atoms with E-state index >= 15 is 0 Å². The highest BCUT2D eigenvalue weighted by molar-refractivity contribution is 5.84. The van der Waals surface area contributed by atoms with Crippen LogP contribution in [0.2, 0.25) is 0 Å².